The van der Waals surface area contributed by atoms with Gasteiger partial charge < -0.3 is 0 Å². The summed E-state index contributed by atoms with van der Waals surface area (Å²) in [6, 6.07) is 4.54. The summed E-state index contributed by atoms with van der Waals surface area (Å²) in [7, 11) is 0. The first-order chi connectivity index (χ1) is 8.33. The highest BCUT2D eigenvalue weighted by Gasteiger charge is 1.97. The van der Waals surface area contributed by atoms with Crippen molar-refractivity contribution >= 4 is 11.3 Å². The quantitative estimate of drug-likeness (QED) is 0.439. The molecule has 0 atom stereocenters. The van der Waals surface area contributed by atoms with Gasteiger partial charge in [0.25, 0.3) is 0 Å². The van der Waals surface area contributed by atoms with Gasteiger partial charge in [-0.2, -0.15) is 0 Å². The Morgan fingerprint density at radius 1 is 0.824 bits per heavy atom. The standard InChI is InChI=1S/C16H28S/c1-3-4-5-6-7-8-9-10-11-12-16-14-13-15(2)17-16/h13-14H,3-12H2,1-2H3. The normalized spacial score (nSPS) is 10.9. The fraction of sp³-hybridized carbons (Fsp3) is 0.750. The Morgan fingerprint density at radius 3 is 1.94 bits per heavy atom. The van der Waals surface area contributed by atoms with E-state index in [9.17, 15) is 0 Å². The third-order valence-electron chi connectivity index (χ3n) is 3.32. The van der Waals surface area contributed by atoms with Gasteiger partial charge in [0.1, 0.15) is 0 Å². The van der Waals surface area contributed by atoms with Crippen LogP contribution in [0.3, 0.4) is 0 Å². The molecule has 17 heavy (non-hydrogen) atoms. The molecule has 0 aromatic carbocycles. The van der Waals surface area contributed by atoms with Crippen LogP contribution in [0.25, 0.3) is 0 Å². The first-order valence-electron chi connectivity index (χ1n) is 7.38. The molecule has 0 spiro atoms. The van der Waals surface area contributed by atoms with Crippen LogP contribution < -0.4 is 0 Å². The minimum absolute atomic E-state index is 1.30. The molecule has 0 aliphatic carbocycles. The van der Waals surface area contributed by atoms with Crippen molar-refractivity contribution < 1.29 is 0 Å². The molecular formula is C16H28S. The minimum atomic E-state index is 1.30. The fourth-order valence-corrected chi connectivity index (χ4v) is 3.16. The maximum absolute atomic E-state index is 2.30. The van der Waals surface area contributed by atoms with Crippen molar-refractivity contribution in [2.24, 2.45) is 0 Å². The van der Waals surface area contributed by atoms with Gasteiger partial charge in [-0.25, -0.2) is 0 Å². The summed E-state index contributed by atoms with van der Waals surface area (Å²) < 4.78 is 0. The maximum atomic E-state index is 2.30. The molecule has 0 bridgehead atoms. The highest BCUT2D eigenvalue weighted by Crippen LogP contribution is 2.18. The van der Waals surface area contributed by atoms with Crippen LogP contribution in [0.4, 0.5) is 0 Å². The molecule has 1 heterocycles. The fourth-order valence-electron chi connectivity index (χ4n) is 2.23. The van der Waals surface area contributed by atoms with E-state index in [4.69, 9.17) is 0 Å². The molecular weight excluding hydrogens is 224 g/mol. The van der Waals surface area contributed by atoms with Crippen LogP contribution in [-0.2, 0) is 6.42 Å². The molecule has 0 saturated carbocycles. The third kappa shape index (κ3) is 7.59. The molecule has 98 valence electrons. The second-order valence-corrected chi connectivity index (χ2v) is 6.46. The van der Waals surface area contributed by atoms with Gasteiger partial charge in [-0.15, -0.1) is 11.3 Å². The van der Waals surface area contributed by atoms with E-state index in [2.05, 4.69) is 26.0 Å². The van der Waals surface area contributed by atoms with E-state index in [1.807, 2.05) is 11.3 Å². The lowest BCUT2D eigenvalue weighted by Crippen LogP contribution is -1.83. The summed E-state index contributed by atoms with van der Waals surface area (Å²) in [6.07, 6.45) is 14.1. The van der Waals surface area contributed by atoms with Crippen molar-refractivity contribution in [3.8, 4) is 0 Å². The number of thiophene rings is 1. The van der Waals surface area contributed by atoms with Crippen LogP contribution in [-0.4, -0.2) is 0 Å². The van der Waals surface area contributed by atoms with E-state index in [1.165, 1.54) is 69.1 Å². The second kappa shape index (κ2) is 9.70. The van der Waals surface area contributed by atoms with Crippen LogP contribution in [0.1, 0.15) is 74.5 Å². The van der Waals surface area contributed by atoms with Crippen molar-refractivity contribution in [2.45, 2.75) is 78.1 Å². The molecule has 0 N–H and O–H groups in total. The van der Waals surface area contributed by atoms with Crippen molar-refractivity contribution in [1.29, 1.82) is 0 Å². The highest BCUT2D eigenvalue weighted by atomic mass is 32.1. The Bertz CT molecular complexity index is 275. The predicted molar refractivity (Wildman–Crippen MR) is 80.0 cm³/mol. The van der Waals surface area contributed by atoms with Crippen LogP contribution in [0.15, 0.2) is 12.1 Å². The molecule has 0 unspecified atom stereocenters. The number of aryl methyl sites for hydroxylation is 2. The number of hydrogen-bond donors (Lipinski definition) is 0. The van der Waals surface area contributed by atoms with Gasteiger partial charge in [-0.1, -0.05) is 58.3 Å². The van der Waals surface area contributed by atoms with Crippen LogP contribution in [0.2, 0.25) is 0 Å². The van der Waals surface area contributed by atoms with Crippen molar-refractivity contribution in [3.05, 3.63) is 21.9 Å². The van der Waals surface area contributed by atoms with Gasteiger partial charge in [0.15, 0.2) is 0 Å². The molecule has 1 rings (SSSR count). The summed E-state index contributed by atoms with van der Waals surface area (Å²) in [5.74, 6) is 0. The molecule has 0 fully saturated rings. The van der Waals surface area contributed by atoms with Crippen LogP contribution in [0.5, 0.6) is 0 Å². The summed E-state index contributed by atoms with van der Waals surface area (Å²) in [5.41, 5.74) is 0. The largest absolute Gasteiger partial charge is 0.146 e. The van der Waals surface area contributed by atoms with Gasteiger partial charge in [0, 0.05) is 9.75 Å². The Morgan fingerprint density at radius 2 is 1.41 bits per heavy atom. The molecule has 0 radical (unpaired) electrons. The summed E-state index contributed by atoms with van der Waals surface area (Å²) in [6.45, 7) is 4.48. The molecule has 0 aliphatic heterocycles. The smallest absolute Gasteiger partial charge is 0.00480 e. The van der Waals surface area contributed by atoms with E-state index in [-0.39, 0.29) is 0 Å². The zero-order valence-corrected chi connectivity index (χ0v) is 12.5. The van der Waals surface area contributed by atoms with E-state index < -0.39 is 0 Å². The molecule has 0 aliphatic rings. The Hall–Kier alpha value is -0.300. The predicted octanol–water partition coefficient (Wildman–Crippen LogP) is 6.13. The van der Waals surface area contributed by atoms with Crippen LogP contribution in [0, 0.1) is 6.92 Å². The molecule has 1 aromatic rings. The average Bonchev–Trinajstić information content (AvgIpc) is 2.73. The first-order valence-corrected chi connectivity index (χ1v) is 8.20. The van der Waals surface area contributed by atoms with Crippen molar-refractivity contribution in [1.82, 2.24) is 0 Å². The van der Waals surface area contributed by atoms with E-state index in [0.29, 0.717) is 0 Å². The van der Waals surface area contributed by atoms with Gasteiger partial charge in [-0.05, 0) is 31.9 Å². The summed E-state index contributed by atoms with van der Waals surface area (Å²) in [5, 5.41) is 0. The summed E-state index contributed by atoms with van der Waals surface area (Å²) in [4.78, 5) is 3.03. The number of rotatable bonds is 10. The van der Waals surface area contributed by atoms with E-state index in [1.54, 1.807) is 4.88 Å². The molecule has 0 saturated heterocycles. The lowest BCUT2D eigenvalue weighted by molar-refractivity contribution is 0.565. The molecule has 0 nitrogen and oxygen atoms in total. The average molecular weight is 252 g/mol. The Labute approximate surface area is 111 Å². The lowest BCUT2D eigenvalue weighted by Gasteiger charge is -2.01. The highest BCUT2D eigenvalue weighted by molar-refractivity contribution is 7.11. The lowest BCUT2D eigenvalue weighted by atomic mass is 10.1. The molecule has 0 amide bonds. The number of hydrogen-bond acceptors (Lipinski definition) is 1. The van der Waals surface area contributed by atoms with Crippen molar-refractivity contribution in [2.75, 3.05) is 0 Å². The monoisotopic (exact) mass is 252 g/mol. The molecule has 1 aromatic heterocycles. The van der Waals surface area contributed by atoms with Gasteiger partial charge in [0.2, 0.25) is 0 Å². The zero-order valence-electron chi connectivity index (χ0n) is 11.6. The van der Waals surface area contributed by atoms with Gasteiger partial charge >= 0.3 is 0 Å². The van der Waals surface area contributed by atoms with Crippen molar-refractivity contribution in [3.63, 3.8) is 0 Å². The van der Waals surface area contributed by atoms with Gasteiger partial charge in [-0.3, -0.25) is 0 Å². The van der Waals surface area contributed by atoms with Crippen LogP contribution >= 0.6 is 11.3 Å². The Kier molecular flexibility index (Phi) is 8.42. The molecule has 1 heteroatoms. The summed E-state index contributed by atoms with van der Waals surface area (Å²) >= 11 is 1.97. The number of unbranched alkanes of at least 4 members (excludes halogenated alkanes) is 8. The van der Waals surface area contributed by atoms with E-state index in [0.717, 1.165) is 0 Å². The van der Waals surface area contributed by atoms with E-state index >= 15 is 0 Å². The second-order valence-electron chi connectivity index (χ2n) is 5.09. The minimum Gasteiger partial charge on any atom is -0.146 e. The van der Waals surface area contributed by atoms with Gasteiger partial charge in [0.05, 0.1) is 0 Å². The third-order valence-corrected chi connectivity index (χ3v) is 4.38. The maximum Gasteiger partial charge on any atom is 0.00480 e. The first kappa shape index (κ1) is 14.8. The Balaban J connectivity index is 1.84. The topological polar surface area (TPSA) is 0 Å². The zero-order chi connectivity index (χ0) is 12.3. The SMILES string of the molecule is CCCCCCCCCCCc1ccc(C)s1.